The Morgan fingerprint density at radius 2 is 2.00 bits per heavy atom. The van der Waals surface area contributed by atoms with Crippen LogP contribution in [0.1, 0.15) is 31.2 Å². The standard InChI is InChI=1S/C16H22N2O/c19-16(17-11-13-8-9-13)15-7-4-10-18(15)12-14-5-2-1-3-6-14/h1-3,5-6,13,15H,4,7-12H2,(H,17,19)/t15-/m1/s1. The van der Waals surface area contributed by atoms with Crippen molar-refractivity contribution >= 4 is 5.91 Å². The first-order chi connectivity index (χ1) is 9.33. The van der Waals surface area contributed by atoms with Crippen molar-refractivity contribution in [2.24, 2.45) is 5.92 Å². The predicted octanol–water partition coefficient (Wildman–Crippen LogP) is 2.18. The molecule has 1 atom stereocenters. The van der Waals surface area contributed by atoms with E-state index in [1.54, 1.807) is 0 Å². The molecule has 3 nitrogen and oxygen atoms in total. The van der Waals surface area contributed by atoms with Crippen LogP contribution in [-0.2, 0) is 11.3 Å². The van der Waals surface area contributed by atoms with E-state index < -0.39 is 0 Å². The van der Waals surface area contributed by atoms with Crippen LogP contribution in [0.4, 0.5) is 0 Å². The van der Waals surface area contributed by atoms with Crippen LogP contribution < -0.4 is 5.32 Å². The molecule has 0 unspecified atom stereocenters. The van der Waals surface area contributed by atoms with Crippen molar-refractivity contribution in [2.45, 2.75) is 38.3 Å². The molecule has 1 saturated heterocycles. The molecule has 1 saturated carbocycles. The highest BCUT2D eigenvalue weighted by molar-refractivity contribution is 5.82. The Kier molecular flexibility index (Phi) is 3.83. The Bertz CT molecular complexity index is 428. The van der Waals surface area contributed by atoms with E-state index in [9.17, 15) is 4.79 Å². The molecule has 3 rings (SSSR count). The molecule has 1 amide bonds. The number of benzene rings is 1. The average Bonchev–Trinajstić information content (AvgIpc) is 3.16. The van der Waals surface area contributed by atoms with Crippen molar-refractivity contribution < 1.29 is 4.79 Å². The van der Waals surface area contributed by atoms with Gasteiger partial charge in [-0.3, -0.25) is 9.69 Å². The molecule has 1 N–H and O–H groups in total. The number of carbonyl (C=O) groups excluding carboxylic acids is 1. The minimum Gasteiger partial charge on any atom is -0.354 e. The van der Waals surface area contributed by atoms with Crippen LogP contribution in [0.5, 0.6) is 0 Å². The van der Waals surface area contributed by atoms with Crippen molar-refractivity contribution in [3.8, 4) is 0 Å². The van der Waals surface area contributed by atoms with Crippen molar-refractivity contribution in [1.82, 2.24) is 10.2 Å². The smallest absolute Gasteiger partial charge is 0.237 e. The molecule has 0 radical (unpaired) electrons. The van der Waals surface area contributed by atoms with E-state index in [4.69, 9.17) is 0 Å². The highest BCUT2D eigenvalue weighted by Gasteiger charge is 2.31. The fourth-order valence-electron chi connectivity index (χ4n) is 2.81. The van der Waals surface area contributed by atoms with Gasteiger partial charge in [0.25, 0.3) is 0 Å². The zero-order valence-electron chi connectivity index (χ0n) is 11.3. The maximum atomic E-state index is 12.2. The Balaban J connectivity index is 1.55. The van der Waals surface area contributed by atoms with Gasteiger partial charge >= 0.3 is 0 Å². The molecule has 19 heavy (non-hydrogen) atoms. The van der Waals surface area contributed by atoms with Crippen molar-refractivity contribution in [3.05, 3.63) is 35.9 Å². The number of hydrogen-bond donors (Lipinski definition) is 1. The number of likely N-dealkylation sites (tertiary alicyclic amines) is 1. The van der Waals surface area contributed by atoms with Crippen LogP contribution in [0, 0.1) is 5.92 Å². The van der Waals surface area contributed by atoms with E-state index in [1.165, 1.54) is 18.4 Å². The minimum atomic E-state index is 0.0824. The first-order valence-corrected chi connectivity index (χ1v) is 7.38. The zero-order valence-corrected chi connectivity index (χ0v) is 11.3. The summed E-state index contributed by atoms with van der Waals surface area (Å²) in [6, 6.07) is 10.5. The van der Waals surface area contributed by atoms with Crippen LogP contribution in [0.25, 0.3) is 0 Å². The molecule has 0 aromatic heterocycles. The van der Waals surface area contributed by atoms with Gasteiger partial charge in [-0.15, -0.1) is 0 Å². The molecule has 2 fully saturated rings. The van der Waals surface area contributed by atoms with Crippen LogP contribution in [-0.4, -0.2) is 29.9 Å². The fraction of sp³-hybridized carbons (Fsp3) is 0.562. The van der Waals surface area contributed by atoms with E-state index >= 15 is 0 Å². The van der Waals surface area contributed by atoms with E-state index in [0.29, 0.717) is 0 Å². The topological polar surface area (TPSA) is 32.3 Å². The normalized spacial score (nSPS) is 23.5. The monoisotopic (exact) mass is 258 g/mol. The second-order valence-corrected chi connectivity index (χ2v) is 5.80. The molecule has 1 aliphatic carbocycles. The lowest BCUT2D eigenvalue weighted by Crippen LogP contribution is -2.43. The lowest BCUT2D eigenvalue weighted by Gasteiger charge is -2.23. The summed E-state index contributed by atoms with van der Waals surface area (Å²) in [6.07, 6.45) is 4.72. The molecule has 102 valence electrons. The number of nitrogens with zero attached hydrogens (tertiary/aromatic N) is 1. The minimum absolute atomic E-state index is 0.0824. The van der Waals surface area contributed by atoms with E-state index in [-0.39, 0.29) is 11.9 Å². The molecular weight excluding hydrogens is 236 g/mol. The average molecular weight is 258 g/mol. The lowest BCUT2D eigenvalue weighted by molar-refractivity contribution is -0.125. The Morgan fingerprint density at radius 1 is 1.21 bits per heavy atom. The summed E-state index contributed by atoms with van der Waals surface area (Å²) < 4.78 is 0. The molecule has 2 aliphatic rings. The van der Waals surface area contributed by atoms with E-state index in [2.05, 4.69) is 34.5 Å². The largest absolute Gasteiger partial charge is 0.354 e. The van der Waals surface area contributed by atoms with Crippen molar-refractivity contribution in [2.75, 3.05) is 13.1 Å². The van der Waals surface area contributed by atoms with Gasteiger partial charge in [0.15, 0.2) is 0 Å². The summed E-state index contributed by atoms with van der Waals surface area (Å²) in [7, 11) is 0. The number of amides is 1. The molecule has 1 heterocycles. The maximum absolute atomic E-state index is 12.2. The third kappa shape index (κ3) is 3.35. The number of nitrogens with one attached hydrogen (secondary N) is 1. The first-order valence-electron chi connectivity index (χ1n) is 7.38. The SMILES string of the molecule is O=C(NCC1CC1)[C@H]1CCCN1Cc1ccccc1. The van der Waals surface area contributed by atoms with Gasteiger partial charge < -0.3 is 5.32 Å². The molecular formula is C16H22N2O. The molecule has 0 bridgehead atoms. The second kappa shape index (κ2) is 5.74. The number of rotatable bonds is 5. The third-order valence-electron chi connectivity index (χ3n) is 4.16. The summed E-state index contributed by atoms with van der Waals surface area (Å²) in [5.74, 6) is 0.994. The maximum Gasteiger partial charge on any atom is 0.237 e. The highest BCUT2D eigenvalue weighted by Crippen LogP contribution is 2.28. The van der Waals surface area contributed by atoms with Crippen molar-refractivity contribution in [1.29, 1.82) is 0 Å². The van der Waals surface area contributed by atoms with Gasteiger partial charge in [-0.2, -0.15) is 0 Å². The highest BCUT2D eigenvalue weighted by atomic mass is 16.2. The van der Waals surface area contributed by atoms with Crippen LogP contribution >= 0.6 is 0 Å². The Hall–Kier alpha value is -1.35. The quantitative estimate of drug-likeness (QED) is 0.878. The van der Waals surface area contributed by atoms with E-state index in [0.717, 1.165) is 38.4 Å². The molecule has 0 spiro atoms. The number of carbonyl (C=O) groups is 1. The molecule has 1 aliphatic heterocycles. The summed E-state index contributed by atoms with van der Waals surface area (Å²) in [5.41, 5.74) is 1.30. The van der Waals surface area contributed by atoms with Crippen LogP contribution in [0.15, 0.2) is 30.3 Å². The van der Waals surface area contributed by atoms with Gasteiger partial charge in [0.05, 0.1) is 6.04 Å². The number of hydrogen-bond acceptors (Lipinski definition) is 2. The van der Waals surface area contributed by atoms with Gasteiger partial charge in [-0.25, -0.2) is 0 Å². The van der Waals surface area contributed by atoms with Gasteiger partial charge in [-0.05, 0) is 43.7 Å². The van der Waals surface area contributed by atoms with E-state index in [1.807, 2.05) is 6.07 Å². The predicted molar refractivity (Wildman–Crippen MR) is 75.6 cm³/mol. The Labute approximate surface area is 115 Å². The second-order valence-electron chi connectivity index (χ2n) is 5.80. The Morgan fingerprint density at radius 3 is 2.74 bits per heavy atom. The summed E-state index contributed by atoms with van der Waals surface area (Å²) >= 11 is 0. The third-order valence-corrected chi connectivity index (χ3v) is 4.16. The van der Waals surface area contributed by atoms with Gasteiger partial charge in [-0.1, -0.05) is 30.3 Å². The van der Waals surface area contributed by atoms with Gasteiger partial charge in [0.2, 0.25) is 5.91 Å². The van der Waals surface area contributed by atoms with Gasteiger partial charge in [0.1, 0.15) is 0 Å². The molecule has 3 heteroatoms. The van der Waals surface area contributed by atoms with Gasteiger partial charge in [0, 0.05) is 13.1 Å². The van der Waals surface area contributed by atoms with Crippen molar-refractivity contribution in [3.63, 3.8) is 0 Å². The molecule has 1 aromatic rings. The summed E-state index contributed by atoms with van der Waals surface area (Å²) in [4.78, 5) is 14.5. The van der Waals surface area contributed by atoms with Crippen LogP contribution in [0.2, 0.25) is 0 Å². The zero-order chi connectivity index (χ0) is 13.1. The fourth-order valence-corrected chi connectivity index (χ4v) is 2.81. The molecule has 1 aromatic carbocycles. The lowest BCUT2D eigenvalue weighted by atomic mass is 10.1. The summed E-state index contributed by atoms with van der Waals surface area (Å²) in [5, 5.41) is 3.12. The summed E-state index contributed by atoms with van der Waals surface area (Å²) in [6.45, 7) is 2.81. The van der Waals surface area contributed by atoms with Crippen LogP contribution in [0.3, 0.4) is 0 Å². The first kappa shape index (κ1) is 12.7.